The second-order valence-electron chi connectivity index (χ2n) is 5.05. The molecule has 0 bridgehead atoms. The number of halogens is 1. The van der Waals surface area contributed by atoms with Crippen LogP contribution >= 0.6 is 0 Å². The van der Waals surface area contributed by atoms with Crippen LogP contribution in [-0.4, -0.2) is 39.5 Å². The van der Waals surface area contributed by atoms with Crippen molar-refractivity contribution in [1.29, 1.82) is 5.26 Å². The van der Waals surface area contributed by atoms with Crippen molar-refractivity contribution in [3.8, 4) is 6.07 Å². The van der Waals surface area contributed by atoms with E-state index < -0.39 is 21.4 Å². The smallest absolute Gasteiger partial charge is 0.241 e. The molecule has 1 N–H and O–H groups in total. The zero-order valence-electron chi connectivity index (χ0n) is 12.4. The third kappa shape index (κ3) is 4.77. The summed E-state index contributed by atoms with van der Waals surface area (Å²) >= 11 is 0. The average Bonchev–Trinajstić information content (AvgIpc) is 2.42. The zero-order chi connectivity index (χ0) is 16.0. The van der Waals surface area contributed by atoms with Gasteiger partial charge >= 0.3 is 0 Å². The zero-order valence-corrected chi connectivity index (χ0v) is 13.2. The van der Waals surface area contributed by atoms with Gasteiger partial charge in [0.1, 0.15) is 22.3 Å². The number of rotatable bonds is 7. The molecular weight excluding hydrogens is 293 g/mol. The Bertz CT molecular complexity index is 624. The van der Waals surface area contributed by atoms with Crippen LogP contribution in [0.1, 0.15) is 25.8 Å². The van der Waals surface area contributed by atoms with Crippen LogP contribution in [0.25, 0.3) is 0 Å². The van der Waals surface area contributed by atoms with Gasteiger partial charge in [0.2, 0.25) is 10.0 Å². The summed E-state index contributed by atoms with van der Waals surface area (Å²) < 4.78 is 40.0. The lowest BCUT2D eigenvalue weighted by Gasteiger charge is -2.20. The standard InChI is InChI=1S/C14H20FN3O2S/c1-11(2)18(3)9-5-8-17-21(19,20)14-7-4-6-13(15)12(14)10-16/h4,6-7,11,17H,5,8-9H2,1-3H3. The second kappa shape index (κ2) is 7.50. The Labute approximate surface area is 125 Å². The molecule has 116 valence electrons. The molecule has 0 radical (unpaired) electrons. The van der Waals surface area contributed by atoms with E-state index in [1.165, 1.54) is 12.1 Å². The van der Waals surface area contributed by atoms with Crippen LogP contribution in [0.15, 0.2) is 23.1 Å². The van der Waals surface area contributed by atoms with Crippen molar-refractivity contribution in [3.05, 3.63) is 29.6 Å². The predicted octanol–water partition coefficient (Wildman–Crippen LogP) is 1.71. The van der Waals surface area contributed by atoms with Crippen molar-refractivity contribution in [2.45, 2.75) is 31.2 Å². The van der Waals surface area contributed by atoms with Crippen LogP contribution < -0.4 is 4.72 Å². The SMILES string of the molecule is CC(C)N(C)CCCNS(=O)(=O)c1cccc(F)c1C#N. The van der Waals surface area contributed by atoms with Gasteiger partial charge in [0, 0.05) is 12.6 Å². The van der Waals surface area contributed by atoms with E-state index in [-0.39, 0.29) is 11.4 Å². The molecule has 0 saturated heterocycles. The van der Waals surface area contributed by atoms with Gasteiger partial charge in [-0.1, -0.05) is 6.07 Å². The van der Waals surface area contributed by atoms with E-state index in [0.717, 1.165) is 12.6 Å². The number of nitriles is 1. The summed E-state index contributed by atoms with van der Waals surface area (Å²) in [6, 6.07) is 5.54. The van der Waals surface area contributed by atoms with Gasteiger partial charge in [-0.15, -0.1) is 0 Å². The molecule has 0 fully saturated rings. The first-order valence-corrected chi connectivity index (χ1v) is 8.16. The molecule has 5 nitrogen and oxygen atoms in total. The largest absolute Gasteiger partial charge is 0.304 e. The van der Waals surface area contributed by atoms with Crippen molar-refractivity contribution < 1.29 is 12.8 Å². The summed E-state index contributed by atoms with van der Waals surface area (Å²) in [7, 11) is -1.92. The van der Waals surface area contributed by atoms with E-state index in [4.69, 9.17) is 5.26 Å². The number of hydrogen-bond acceptors (Lipinski definition) is 4. The van der Waals surface area contributed by atoms with Gasteiger partial charge in [0.25, 0.3) is 0 Å². The van der Waals surface area contributed by atoms with Gasteiger partial charge in [0.15, 0.2) is 0 Å². The van der Waals surface area contributed by atoms with E-state index >= 15 is 0 Å². The summed E-state index contributed by atoms with van der Waals surface area (Å²) in [5, 5.41) is 8.88. The monoisotopic (exact) mass is 313 g/mol. The number of nitrogens with zero attached hydrogens (tertiary/aromatic N) is 2. The van der Waals surface area contributed by atoms with Gasteiger partial charge < -0.3 is 4.90 Å². The van der Waals surface area contributed by atoms with Crippen molar-refractivity contribution in [1.82, 2.24) is 9.62 Å². The van der Waals surface area contributed by atoms with E-state index in [1.54, 1.807) is 6.07 Å². The minimum atomic E-state index is -3.87. The molecule has 0 aromatic heterocycles. The molecule has 1 aromatic carbocycles. The molecule has 0 aliphatic carbocycles. The molecule has 0 unspecified atom stereocenters. The molecular formula is C14H20FN3O2S. The molecule has 0 aliphatic heterocycles. The first-order chi connectivity index (χ1) is 9.79. The summed E-state index contributed by atoms with van der Waals surface area (Å²) in [4.78, 5) is 1.78. The van der Waals surface area contributed by atoms with Crippen molar-refractivity contribution in [2.75, 3.05) is 20.1 Å². The molecule has 1 rings (SSSR count). The Balaban J connectivity index is 2.72. The van der Waals surface area contributed by atoms with Crippen molar-refractivity contribution in [2.24, 2.45) is 0 Å². The molecule has 0 spiro atoms. The highest BCUT2D eigenvalue weighted by Crippen LogP contribution is 2.17. The minimum Gasteiger partial charge on any atom is -0.304 e. The highest BCUT2D eigenvalue weighted by molar-refractivity contribution is 7.89. The number of benzene rings is 1. The first-order valence-electron chi connectivity index (χ1n) is 6.68. The van der Waals surface area contributed by atoms with Crippen molar-refractivity contribution in [3.63, 3.8) is 0 Å². The number of sulfonamides is 1. The maximum Gasteiger partial charge on any atom is 0.241 e. The quantitative estimate of drug-likeness (QED) is 0.778. The Morgan fingerprint density at radius 3 is 2.67 bits per heavy atom. The van der Waals surface area contributed by atoms with Crippen LogP contribution in [0.4, 0.5) is 4.39 Å². The molecule has 0 atom stereocenters. The lowest BCUT2D eigenvalue weighted by Crippen LogP contribution is -2.31. The maximum atomic E-state index is 13.4. The van der Waals surface area contributed by atoms with Crippen LogP contribution in [0.2, 0.25) is 0 Å². The molecule has 0 saturated carbocycles. The highest BCUT2D eigenvalue weighted by Gasteiger charge is 2.20. The van der Waals surface area contributed by atoms with Gasteiger partial charge in [-0.05, 0) is 46.0 Å². The van der Waals surface area contributed by atoms with E-state index in [0.29, 0.717) is 12.5 Å². The van der Waals surface area contributed by atoms with E-state index in [9.17, 15) is 12.8 Å². The molecule has 0 heterocycles. The van der Waals surface area contributed by atoms with Gasteiger partial charge in [0.05, 0.1) is 0 Å². The van der Waals surface area contributed by atoms with E-state index in [1.807, 2.05) is 7.05 Å². The van der Waals surface area contributed by atoms with Gasteiger partial charge in [-0.2, -0.15) is 5.26 Å². The Hall–Kier alpha value is -1.49. The van der Waals surface area contributed by atoms with Gasteiger partial charge in [-0.25, -0.2) is 17.5 Å². The fourth-order valence-corrected chi connectivity index (χ4v) is 2.95. The Morgan fingerprint density at radius 1 is 1.43 bits per heavy atom. The van der Waals surface area contributed by atoms with Crippen LogP contribution in [0.5, 0.6) is 0 Å². The average molecular weight is 313 g/mol. The van der Waals surface area contributed by atoms with Crippen LogP contribution in [0.3, 0.4) is 0 Å². The summed E-state index contributed by atoms with van der Waals surface area (Å²) in [6.45, 7) is 5.08. The topological polar surface area (TPSA) is 73.2 Å². The second-order valence-corrected chi connectivity index (χ2v) is 6.79. The van der Waals surface area contributed by atoms with Crippen LogP contribution in [-0.2, 0) is 10.0 Å². The lowest BCUT2D eigenvalue weighted by atomic mass is 10.2. The third-order valence-corrected chi connectivity index (χ3v) is 4.74. The Kier molecular flexibility index (Phi) is 6.27. The molecule has 21 heavy (non-hydrogen) atoms. The number of nitrogens with one attached hydrogen (secondary N) is 1. The normalized spacial score (nSPS) is 11.9. The predicted molar refractivity (Wildman–Crippen MR) is 78.7 cm³/mol. The molecule has 7 heteroatoms. The minimum absolute atomic E-state index is 0.237. The van der Waals surface area contributed by atoms with Gasteiger partial charge in [-0.3, -0.25) is 0 Å². The summed E-state index contributed by atoms with van der Waals surface area (Å²) in [5.41, 5.74) is -0.454. The van der Waals surface area contributed by atoms with Crippen molar-refractivity contribution >= 4 is 10.0 Å². The molecule has 0 aliphatic rings. The summed E-state index contributed by atoms with van der Waals surface area (Å²) in [6.07, 6.45) is 0.630. The maximum absolute atomic E-state index is 13.4. The lowest BCUT2D eigenvalue weighted by molar-refractivity contribution is 0.271. The summed E-state index contributed by atoms with van der Waals surface area (Å²) in [5.74, 6) is -0.833. The third-order valence-electron chi connectivity index (χ3n) is 3.24. The molecule has 1 aromatic rings. The molecule has 0 amide bonds. The fourth-order valence-electron chi connectivity index (χ4n) is 1.71. The highest BCUT2D eigenvalue weighted by atomic mass is 32.2. The number of hydrogen-bond donors (Lipinski definition) is 1. The fraction of sp³-hybridized carbons (Fsp3) is 0.500. The van der Waals surface area contributed by atoms with Crippen LogP contribution in [0, 0.1) is 17.1 Å². The Morgan fingerprint density at radius 2 is 2.10 bits per heavy atom. The van der Waals surface area contributed by atoms with E-state index in [2.05, 4.69) is 23.5 Å². The first kappa shape index (κ1) is 17.6.